The van der Waals surface area contributed by atoms with Gasteiger partial charge in [0.15, 0.2) is 5.82 Å². The molecule has 2 aliphatic heterocycles. The summed E-state index contributed by atoms with van der Waals surface area (Å²) in [5, 5.41) is 4.44. The Labute approximate surface area is 157 Å². The van der Waals surface area contributed by atoms with Gasteiger partial charge in [-0.1, -0.05) is 6.07 Å². The number of fused-ring (bicyclic) bond motifs is 2. The molecule has 0 radical (unpaired) electrons. The molecule has 3 aromatic rings. The molecule has 27 heavy (non-hydrogen) atoms. The van der Waals surface area contributed by atoms with Gasteiger partial charge >= 0.3 is 0 Å². The molecule has 1 saturated heterocycles. The second-order valence-corrected chi connectivity index (χ2v) is 7.20. The van der Waals surface area contributed by atoms with E-state index in [2.05, 4.69) is 27.1 Å². The maximum atomic E-state index is 5.92. The Morgan fingerprint density at radius 3 is 3.00 bits per heavy atom. The number of anilines is 1. The third-order valence-corrected chi connectivity index (χ3v) is 5.56. The van der Waals surface area contributed by atoms with Crippen molar-refractivity contribution in [3.05, 3.63) is 47.2 Å². The first-order chi connectivity index (χ1) is 13.2. The van der Waals surface area contributed by atoms with Crippen molar-refractivity contribution in [1.29, 1.82) is 0 Å². The van der Waals surface area contributed by atoms with E-state index in [4.69, 9.17) is 14.5 Å². The zero-order chi connectivity index (χ0) is 18.4. The van der Waals surface area contributed by atoms with Crippen LogP contribution in [0.1, 0.15) is 41.6 Å². The molecule has 0 bridgehead atoms. The Morgan fingerprint density at radius 1 is 1.26 bits per heavy atom. The van der Waals surface area contributed by atoms with Crippen LogP contribution in [0.15, 0.2) is 24.5 Å². The lowest BCUT2D eigenvalue weighted by atomic mass is 9.99. The summed E-state index contributed by atoms with van der Waals surface area (Å²) in [6, 6.07) is 6.32. The van der Waals surface area contributed by atoms with Crippen LogP contribution >= 0.6 is 0 Å². The van der Waals surface area contributed by atoms with Gasteiger partial charge in [0.05, 0.1) is 7.11 Å². The first-order valence-corrected chi connectivity index (χ1v) is 9.47. The highest BCUT2D eigenvalue weighted by Crippen LogP contribution is 2.35. The molecule has 0 spiro atoms. The van der Waals surface area contributed by atoms with Crippen LogP contribution in [0.4, 0.5) is 5.82 Å². The summed E-state index contributed by atoms with van der Waals surface area (Å²) in [7, 11) is 1.71. The van der Waals surface area contributed by atoms with Crippen LogP contribution in [0, 0.1) is 6.92 Å². The normalized spacial score (nSPS) is 19.5. The van der Waals surface area contributed by atoms with E-state index >= 15 is 0 Å². The molecule has 7 nitrogen and oxygen atoms in total. The highest BCUT2D eigenvalue weighted by molar-refractivity contribution is 5.73. The van der Waals surface area contributed by atoms with Gasteiger partial charge in [0.1, 0.15) is 35.2 Å². The lowest BCUT2D eigenvalue weighted by Crippen LogP contribution is -2.31. The first kappa shape index (κ1) is 16.5. The summed E-state index contributed by atoms with van der Waals surface area (Å²) in [4.78, 5) is 11.8. The molecule has 0 N–H and O–H groups in total. The smallest absolute Gasteiger partial charge is 0.158 e. The number of aromatic nitrogens is 4. The monoisotopic (exact) mass is 365 g/mol. The Morgan fingerprint density at radius 2 is 2.19 bits per heavy atom. The number of benzene rings is 1. The molecule has 1 atom stereocenters. The number of methoxy groups -OCH3 is 1. The number of imidazole rings is 1. The number of ether oxygens (including phenoxy) is 2. The number of nitrogens with zero attached hydrogens (tertiary/aromatic N) is 5. The summed E-state index contributed by atoms with van der Waals surface area (Å²) in [5.74, 6) is 2.73. The van der Waals surface area contributed by atoms with E-state index in [-0.39, 0.29) is 6.10 Å². The summed E-state index contributed by atoms with van der Waals surface area (Å²) in [6.45, 7) is 4.51. The molecule has 140 valence electrons. The maximum absolute atomic E-state index is 5.92. The van der Waals surface area contributed by atoms with Gasteiger partial charge < -0.3 is 14.4 Å². The van der Waals surface area contributed by atoms with Crippen LogP contribution in [-0.4, -0.2) is 39.8 Å². The molecule has 2 aliphatic rings. The average molecular weight is 365 g/mol. The van der Waals surface area contributed by atoms with E-state index in [0.29, 0.717) is 0 Å². The number of aryl methyl sites for hydroxylation is 1. The van der Waals surface area contributed by atoms with Gasteiger partial charge in [-0.25, -0.2) is 14.5 Å². The van der Waals surface area contributed by atoms with Gasteiger partial charge in [0.25, 0.3) is 0 Å². The van der Waals surface area contributed by atoms with E-state index in [9.17, 15) is 0 Å². The Balaban J connectivity index is 1.57. The fourth-order valence-electron chi connectivity index (χ4n) is 4.18. The van der Waals surface area contributed by atoms with Crippen LogP contribution in [0.2, 0.25) is 0 Å². The number of rotatable bonds is 3. The third-order valence-electron chi connectivity index (χ3n) is 5.56. The minimum absolute atomic E-state index is 0.0415. The SMILES string of the molecule is COc1ccc2c(c1)CCN(c1ncnn3c(C)nc([C@H]4CCCO4)c13)C2. The number of hydrogen-bond acceptors (Lipinski definition) is 6. The molecule has 0 saturated carbocycles. The molecule has 0 aliphatic carbocycles. The zero-order valence-electron chi connectivity index (χ0n) is 15.7. The Kier molecular flexibility index (Phi) is 3.97. The average Bonchev–Trinajstić information content (AvgIpc) is 3.35. The molecule has 2 aromatic heterocycles. The van der Waals surface area contributed by atoms with E-state index in [1.165, 1.54) is 11.1 Å². The lowest BCUT2D eigenvalue weighted by Gasteiger charge is -2.30. The Bertz CT molecular complexity index is 993. The van der Waals surface area contributed by atoms with Crippen molar-refractivity contribution >= 4 is 11.3 Å². The predicted molar refractivity (Wildman–Crippen MR) is 101 cm³/mol. The van der Waals surface area contributed by atoms with Gasteiger partial charge in [0.2, 0.25) is 0 Å². The van der Waals surface area contributed by atoms with Crippen molar-refractivity contribution < 1.29 is 9.47 Å². The minimum Gasteiger partial charge on any atom is -0.497 e. The lowest BCUT2D eigenvalue weighted by molar-refractivity contribution is 0.110. The summed E-state index contributed by atoms with van der Waals surface area (Å²) in [5.41, 5.74) is 4.62. The van der Waals surface area contributed by atoms with Crippen molar-refractivity contribution in [2.75, 3.05) is 25.2 Å². The molecule has 1 fully saturated rings. The highest BCUT2D eigenvalue weighted by Gasteiger charge is 2.28. The minimum atomic E-state index is 0.0415. The van der Waals surface area contributed by atoms with Crippen molar-refractivity contribution in [2.24, 2.45) is 0 Å². The molecular weight excluding hydrogens is 342 g/mol. The fourth-order valence-corrected chi connectivity index (χ4v) is 4.18. The van der Waals surface area contributed by atoms with Crippen molar-refractivity contribution in [2.45, 2.75) is 38.8 Å². The van der Waals surface area contributed by atoms with E-state index in [1.54, 1.807) is 13.4 Å². The van der Waals surface area contributed by atoms with Crippen LogP contribution < -0.4 is 9.64 Å². The van der Waals surface area contributed by atoms with Gasteiger partial charge in [0, 0.05) is 19.7 Å². The van der Waals surface area contributed by atoms with Crippen molar-refractivity contribution in [1.82, 2.24) is 19.6 Å². The van der Waals surface area contributed by atoms with Gasteiger partial charge in [-0.05, 0) is 49.4 Å². The number of hydrogen-bond donors (Lipinski definition) is 0. The molecule has 0 unspecified atom stereocenters. The quantitative estimate of drug-likeness (QED) is 0.711. The van der Waals surface area contributed by atoms with Crippen LogP contribution in [0.3, 0.4) is 0 Å². The van der Waals surface area contributed by atoms with Gasteiger partial charge in [-0.3, -0.25) is 0 Å². The maximum Gasteiger partial charge on any atom is 0.158 e. The standard InChI is InChI=1S/C20H23N5O2/c1-13-23-18(17-4-3-9-27-17)19-20(21-12-22-25(13)19)24-8-7-14-10-16(26-2)6-5-15(14)11-24/h5-6,10,12,17H,3-4,7-9,11H2,1-2H3/t17-/m1/s1. The van der Waals surface area contributed by atoms with Crippen molar-refractivity contribution in [3.63, 3.8) is 0 Å². The second-order valence-electron chi connectivity index (χ2n) is 7.20. The topological polar surface area (TPSA) is 64.8 Å². The molecule has 5 rings (SSSR count). The van der Waals surface area contributed by atoms with Crippen LogP contribution in [0.25, 0.3) is 5.52 Å². The fraction of sp³-hybridized carbons (Fsp3) is 0.450. The van der Waals surface area contributed by atoms with Gasteiger partial charge in [-0.15, -0.1) is 0 Å². The van der Waals surface area contributed by atoms with Crippen LogP contribution in [-0.2, 0) is 17.7 Å². The molecule has 4 heterocycles. The molecule has 7 heteroatoms. The van der Waals surface area contributed by atoms with E-state index < -0.39 is 0 Å². The summed E-state index contributed by atoms with van der Waals surface area (Å²) in [6.07, 6.45) is 4.71. The molecule has 0 amide bonds. The molecule has 1 aromatic carbocycles. The largest absolute Gasteiger partial charge is 0.497 e. The summed E-state index contributed by atoms with van der Waals surface area (Å²) < 4.78 is 13.2. The van der Waals surface area contributed by atoms with E-state index in [0.717, 1.165) is 67.6 Å². The van der Waals surface area contributed by atoms with E-state index in [1.807, 2.05) is 17.5 Å². The third kappa shape index (κ3) is 2.73. The molecular formula is C20H23N5O2. The van der Waals surface area contributed by atoms with Crippen LogP contribution in [0.5, 0.6) is 5.75 Å². The predicted octanol–water partition coefficient (Wildman–Crippen LogP) is 2.86. The first-order valence-electron chi connectivity index (χ1n) is 9.47. The second kappa shape index (κ2) is 6.49. The highest BCUT2D eigenvalue weighted by atomic mass is 16.5. The van der Waals surface area contributed by atoms with Gasteiger partial charge in [-0.2, -0.15) is 5.10 Å². The summed E-state index contributed by atoms with van der Waals surface area (Å²) >= 11 is 0. The van der Waals surface area contributed by atoms with Crippen molar-refractivity contribution in [3.8, 4) is 5.75 Å². The Hall–Kier alpha value is -2.67. The zero-order valence-corrected chi connectivity index (χ0v) is 15.7.